The number of allylic oxidation sites excluding steroid dienone is 1. The van der Waals surface area contributed by atoms with Gasteiger partial charge < -0.3 is 10.1 Å². The van der Waals surface area contributed by atoms with E-state index in [9.17, 15) is 4.79 Å². The molecule has 0 fully saturated rings. The first-order valence-corrected chi connectivity index (χ1v) is 9.07. The lowest BCUT2D eigenvalue weighted by Crippen LogP contribution is -2.05. The number of benzene rings is 2. The van der Waals surface area contributed by atoms with Gasteiger partial charge in [-0.1, -0.05) is 69.3 Å². The minimum atomic E-state index is -0.0455. The smallest absolute Gasteiger partial charge is 0.193 e. The summed E-state index contributed by atoms with van der Waals surface area (Å²) in [7, 11) is 1.93. The highest BCUT2D eigenvalue weighted by Crippen LogP contribution is 2.21. The molecular weight excluding hydrogens is 322 g/mol. The van der Waals surface area contributed by atoms with Gasteiger partial charge in [0.15, 0.2) is 5.78 Å². The van der Waals surface area contributed by atoms with Gasteiger partial charge in [-0.25, -0.2) is 0 Å². The number of hydrogen-bond acceptors (Lipinski definition) is 3. The maximum Gasteiger partial charge on any atom is 0.193 e. The normalized spacial score (nSPS) is 10.1. The highest BCUT2D eigenvalue weighted by molar-refractivity contribution is 6.28. The summed E-state index contributed by atoms with van der Waals surface area (Å²) in [5.74, 6) is 1.25. The van der Waals surface area contributed by atoms with E-state index in [2.05, 4.69) is 32.7 Å². The monoisotopic (exact) mass is 353 g/mol. The van der Waals surface area contributed by atoms with Gasteiger partial charge in [-0.15, -0.1) is 0 Å². The number of carbonyl (C=O) groups is 1. The van der Waals surface area contributed by atoms with Crippen LogP contribution >= 0.6 is 0 Å². The number of carbonyl (C=O) groups excluding carboxylic acids is 1. The lowest BCUT2D eigenvalue weighted by molar-refractivity contribution is 0.105. The number of nitrogens with one attached hydrogen (secondary N) is 1. The van der Waals surface area contributed by atoms with Gasteiger partial charge in [0, 0.05) is 11.1 Å². The Morgan fingerprint density at radius 2 is 1.54 bits per heavy atom. The Balaban J connectivity index is 0.000000765. The second-order valence-corrected chi connectivity index (χ2v) is 6.61. The minimum Gasteiger partial charge on any atom is -0.493 e. The molecule has 0 saturated heterocycles. The molecule has 0 aliphatic carbocycles. The number of aryl methyl sites for hydroxylation is 1. The molecule has 2 aromatic rings. The van der Waals surface area contributed by atoms with E-state index < -0.39 is 0 Å². The molecule has 2 rings (SSSR count). The molecule has 3 nitrogen and oxygen atoms in total. The summed E-state index contributed by atoms with van der Waals surface area (Å²) >= 11 is 0. The van der Waals surface area contributed by atoms with Crippen LogP contribution in [0.5, 0.6) is 5.75 Å². The molecule has 0 amide bonds. The second kappa shape index (κ2) is 11.3. The van der Waals surface area contributed by atoms with Crippen molar-refractivity contribution < 1.29 is 9.53 Å². The van der Waals surface area contributed by atoms with Crippen molar-refractivity contribution in [2.24, 2.45) is 5.92 Å². The summed E-state index contributed by atoms with van der Waals surface area (Å²) < 4.78 is 5.65. The van der Waals surface area contributed by atoms with Crippen LogP contribution in [-0.4, -0.2) is 26.0 Å². The first-order valence-electron chi connectivity index (χ1n) is 9.07. The molecule has 0 unspecified atom stereocenters. The Morgan fingerprint density at radius 3 is 2.00 bits per heavy atom. The average Bonchev–Trinajstić information content (AvgIpc) is 2.66. The first-order chi connectivity index (χ1) is 12.4. The molecule has 0 spiro atoms. The van der Waals surface area contributed by atoms with Gasteiger partial charge in [-0.05, 0) is 44.1 Å². The molecule has 2 aromatic carbocycles. The van der Waals surface area contributed by atoms with E-state index in [0.717, 1.165) is 23.4 Å². The van der Waals surface area contributed by atoms with E-state index in [4.69, 9.17) is 4.74 Å². The summed E-state index contributed by atoms with van der Waals surface area (Å²) in [5.41, 5.74) is 3.12. The second-order valence-electron chi connectivity index (χ2n) is 6.61. The van der Waals surface area contributed by atoms with Crippen molar-refractivity contribution in [3.63, 3.8) is 0 Å². The van der Waals surface area contributed by atoms with Crippen molar-refractivity contribution in [2.75, 3.05) is 20.2 Å². The van der Waals surface area contributed by atoms with E-state index >= 15 is 0 Å². The number of rotatable bonds is 7. The Morgan fingerprint density at radius 1 is 1.04 bits per heavy atom. The SMILES string of the molecule is C=C(C(=O)c1ccc(C)cc1)c1ccc(OCC(C)C)cc1.CCNC. The predicted molar refractivity (Wildman–Crippen MR) is 111 cm³/mol. The van der Waals surface area contributed by atoms with Crippen LogP contribution in [0.25, 0.3) is 5.57 Å². The molecule has 0 atom stereocenters. The van der Waals surface area contributed by atoms with Crippen molar-refractivity contribution in [1.29, 1.82) is 0 Å². The van der Waals surface area contributed by atoms with Crippen molar-refractivity contribution in [3.8, 4) is 5.75 Å². The van der Waals surface area contributed by atoms with E-state index in [1.807, 2.05) is 62.5 Å². The first kappa shape index (κ1) is 21.7. The quantitative estimate of drug-likeness (QED) is 0.552. The van der Waals surface area contributed by atoms with Crippen molar-refractivity contribution in [1.82, 2.24) is 5.32 Å². The van der Waals surface area contributed by atoms with E-state index in [1.54, 1.807) is 0 Å². The Bertz CT molecular complexity index is 683. The molecule has 0 aromatic heterocycles. The maximum absolute atomic E-state index is 12.4. The van der Waals surface area contributed by atoms with Crippen LogP contribution in [0.1, 0.15) is 42.3 Å². The number of hydrogen-bond donors (Lipinski definition) is 1. The highest BCUT2D eigenvalue weighted by atomic mass is 16.5. The standard InChI is InChI=1S/C20H22O2.C3H9N/c1-14(2)13-22-19-11-9-17(10-12-19)16(4)20(21)18-7-5-15(3)6-8-18;1-3-4-2/h5-12,14H,4,13H2,1-3H3;4H,3H2,1-2H3. The number of Topliss-reactive ketones (excluding diaryl/α,β-unsaturated/α-hetero) is 1. The molecule has 0 heterocycles. The summed E-state index contributed by atoms with van der Waals surface area (Å²) in [6, 6.07) is 15.1. The minimum absolute atomic E-state index is 0.0455. The Labute approximate surface area is 158 Å². The number of ketones is 1. The van der Waals surface area contributed by atoms with Crippen molar-refractivity contribution in [3.05, 3.63) is 71.8 Å². The van der Waals surface area contributed by atoms with E-state index in [0.29, 0.717) is 23.7 Å². The molecule has 0 aliphatic heterocycles. The third-order valence-electron chi connectivity index (χ3n) is 3.73. The van der Waals surface area contributed by atoms with Gasteiger partial charge >= 0.3 is 0 Å². The van der Waals surface area contributed by atoms with Gasteiger partial charge in [0.2, 0.25) is 0 Å². The van der Waals surface area contributed by atoms with Crippen LogP contribution in [0.15, 0.2) is 55.1 Å². The summed E-state index contributed by atoms with van der Waals surface area (Å²) in [6.07, 6.45) is 0. The van der Waals surface area contributed by atoms with Crippen LogP contribution in [0.3, 0.4) is 0 Å². The molecule has 0 aliphatic rings. The summed E-state index contributed by atoms with van der Waals surface area (Å²) in [6.45, 7) is 14.0. The van der Waals surface area contributed by atoms with Crippen molar-refractivity contribution in [2.45, 2.75) is 27.7 Å². The fourth-order valence-electron chi connectivity index (χ4n) is 2.03. The molecule has 1 N–H and O–H groups in total. The molecular formula is C23H31NO2. The van der Waals surface area contributed by atoms with Gasteiger partial charge in [0.25, 0.3) is 0 Å². The fraction of sp³-hybridized carbons (Fsp3) is 0.348. The third kappa shape index (κ3) is 7.24. The average molecular weight is 354 g/mol. The van der Waals surface area contributed by atoms with Crippen LogP contribution in [0.2, 0.25) is 0 Å². The van der Waals surface area contributed by atoms with Gasteiger partial charge in [0.1, 0.15) is 5.75 Å². The number of ether oxygens (including phenoxy) is 1. The zero-order chi connectivity index (χ0) is 19.5. The molecule has 0 radical (unpaired) electrons. The van der Waals surface area contributed by atoms with Gasteiger partial charge in [-0.2, -0.15) is 0 Å². The Kier molecular flexibility index (Phi) is 9.38. The molecule has 26 heavy (non-hydrogen) atoms. The lowest BCUT2D eigenvalue weighted by Gasteiger charge is -2.10. The maximum atomic E-state index is 12.4. The molecule has 0 bridgehead atoms. The van der Waals surface area contributed by atoms with Crippen LogP contribution in [0, 0.1) is 12.8 Å². The molecule has 140 valence electrons. The molecule has 0 saturated carbocycles. The fourth-order valence-corrected chi connectivity index (χ4v) is 2.03. The van der Waals surface area contributed by atoms with Gasteiger partial charge in [0.05, 0.1) is 6.61 Å². The van der Waals surface area contributed by atoms with Crippen molar-refractivity contribution >= 4 is 11.4 Å². The van der Waals surface area contributed by atoms with E-state index in [1.165, 1.54) is 0 Å². The van der Waals surface area contributed by atoms with Crippen LogP contribution < -0.4 is 10.1 Å². The predicted octanol–water partition coefficient (Wildman–Crippen LogP) is 5.15. The summed E-state index contributed by atoms with van der Waals surface area (Å²) in [4.78, 5) is 12.4. The van der Waals surface area contributed by atoms with Crippen LogP contribution in [-0.2, 0) is 0 Å². The highest BCUT2D eigenvalue weighted by Gasteiger charge is 2.12. The van der Waals surface area contributed by atoms with Gasteiger partial charge in [-0.3, -0.25) is 4.79 Å². The largest absolute Gasteiger partial charge is 0.493 e. The lowest BCUT2D eigenvalue weighted by atomic mass is 9.97. The Hall–Kier alpha value is -2.39. The topological polar surface area (TPSA) is 38.3 Å². The summed E-state index contributed by atoms with van der Waals surface area (Å²) in [5, 5.41) is 2.93. The van der Waals surface area contributed by atoms with E-state index in [-0.39, 0.29) is 5.78 Å². The zero-order valence-electron chi connectivity index (χ0n) is 16.6. The molecule has 3 heteroatoms. The van der Waals surface area contributed by atoms with Crippen LogP contribution in [0.4, 0.5) is 0 Å². The third-order valence-corrected chi connectivity index (χ3v) is 3.73. The zero-order valence-corrected chi connectivity index (χ0v) is 16.6.